The molecular formula is C9H13FN4. The van der Waals surface area contributed by atoms with Crippen LogP contribution in [0.4, 0.5) is 4.39 Å². The van der Waals surface area contributed by atoms with Crippen LogP contribution in [0.1, 0.15) is 19.4 Å². The maximum atomic E-state index is 12.8. The van der Waals surface area contributed by atoms with Crippen LogP contribution >= 0.6 is 0 Å². The summed E-state index contributed by atoms with van der Waals surface area (Å²) in [4.78, 5) is 7.89. The number of nitrogens with one attached hydrogen (secondary N) is 1. The number of hydrazine groups is 1. The first-order chi connectivity index (χ1) is 6.63. The second-order valence-corrected chi connectivity index (χ2v) is 3.11. The summed E-state index contributed by atoms with van der Waals surface area (Å²) < 4.78 is 12.8. The van der Waals surface area contributed by atoms with Gasteiger partial charge in [-0.25, -0.2) is 10.2 Å². The van der Waals surface area contributed by atoms with E-state index in [-0.39, 0.29) is 6.04 Å². The van der Waals surface area contributed by atoms with Crippen LogP contribution in [0.2, 0.25) is 0 Å². The molecule has 1 aromatic heterocycles. The lowest BCUT2D eigenvalue weighted by molar-refractivity contribution is 0.620. The average molecular weight is 196 g/mol. The number of aromatic nitrogens is 1. The van der Waals surface area contributed by atoms with Crippen LogP contribution in [0.5, 0.6) is 0 Å². The van der Waals surface area contributed by atoms with Crippen molar-refractivity contribution in [1.82, 2.24) is 10.4 Å². The van der Waals surface area contributed by atoms with Gasteiger partial charge in [0.05, 0.1) is 6.20 Å². The summed E-state index contributed by atoms with van der Waals surface area (Å²) in [5.41, 5.74) is 2.96. The van der Waals surface area contributed by atoms with Gasteiger partial charge in [-0.15, -0.1) is 0 Å². The normalized spacial score (nSPS) is 11.9. The van der Waals surface area contributed by atoms with Gasteiger partial charge in [-0.2, -0.15) is 0 Å². The number of nitrogens with two attached hydrogens (primary N) is 1. The number of amidine groups is 1. The molecule has 0 fully saturated rings. The molecule has 0 radical (unpaired) electrons. The summed E-state index contributed by atoms with van der Waals surface area (Å²) in [6, 6.07) is 1.41. The molecule has 0 aliphatic rings. The van der Waals surface area contributed by atoms with Crippen molar-refractivity contribution in [3.8, 4) is 0 Å². The highest BCUT2D eigenvalue weighted by atomic mass is 19.1. The molecule has 1 rings (SSSR count). The fourth-order valence-electron chi connectivity index (χ4n) is 0.995. The molecule has 0 saturated carbocycles. The van der Waals surface area contributed by atoms with Gasteiger partial charge in [0.15, 0.2) is 0 Å². The van der Waals surface area contributed by atoms with Crippen molar-refractivity contribution in [3.63, 3.8) is 0 Å². The molecule has 0 unspecified atom stereocenters. The zero-order valence-corrected chi connectivity index (χ0v) is 8.16. The SMILES string of the molecule is CC(C)N=C(NN)c1cncc(F)c1. The molecule has 0 saturated heterocycles. The van der Waals surface area contributed by atoms with Gasteiger partial charge >= 0.3 is 0 Å². The molecule has 3 N–H and O–H groups in total. The Morgan fingerprint density at radius 3 is 2.79 bits per heavy atom. The molecule has 0 aliphatic carbocycles. The molecule has 1 aromatic rings. The van der Waals surface area contributed by atoms with Gasteiger partial charge in [-0.1, -0.05) is 0 Å². The zero-order valence-electron chi connectivity index (χ0n) is 8.16. The van der Waals surface area contributed by atoms with Crippen LogP contribution in [0.3, 0.4) is 0 Å². The first-order valence-corrected chi connectivity index (χ1v) is 4.29. The summed E-state index contributed by atoms with van der Waals surface area (Å²) >= 11 is 0. The lowest BCUT2D eigenvalue weighted by atomic mass is 10.2. The average Bonchev–Trinajstić information content (AvgIpc) is 2.14. The monoisotopic (exact) mass is 196 g/mol. The van der Waals surface area contributed by atoms with Crippen molar-refractivity contribution >= 4 is 5.84 Å². The van der Waals surface area contributed by atoms with Crippen LogP contribution in [-0.4, -0.2) is 16.9 Å². The highest BCUT2D eigenvalue weighted by Gasteiger charge is 2.03. The van der Waals surface area contributed by atoms with E-state index in [2.05, 4.69) is 15.4 Å². The smallest absolute Gasteiger partial charge is 0.144 e. The topological polar surface area (TPSA) is 63.3 Å². The fourth-order valence-corrected chi connectivity index (χ4v) is 0.995. The van der Waals surface area contributed by atoms with E-state index in [9.17, 15) is 4.39 Å². The molecule has 1 heterocycles. The number of pyridine rings is 1. The predicted octanol–water partition coefficient (Wildman–Crippen LogP) is 0.839. The van der Waals surface area contributed by atoms with Crippen molar-refractivity contribution in [2.75, 3.05) is 0 Å². The molecule has 0 bridgehead atoms. The van der Waals surface area contributed by atoms with Crippen LogP contribution in [0.15, 0.2) is 23.5 Å². The summed E-state index contributed by atoms with van der Waals surface area (Å²) in [5.74, 6) is 5.30. The van der Waals surface area contributed by atoms with E-state index in [0.717, 1.165) is 6.20 Å². The number of hydrogen-bond donors (Lipinski definition) is 2. The Bertz CT molecular complexity index is 335. The Morgan fingerprint density at radius 1 is 1.57 bits per heavy atom. The van der Waals surface area contributed by atoms with E-state index in [4.69, 9.17) is 5.84 Å². The lowest BCUT2D eigenvalue weighted by Gasteiger charge is -2.06. The number of hydrogen-bond acceptors (Lipinski definition) is 3. The maximum absolute atomic E-state index is 12.8. The zero-order chi connectivity index (χ0) is 10.6. The molecule has 14 heavy (non-hydrogen) atoms. The third kappa shape index (κ3) is 2.77. The Hall–Kier alpha value is -1.49. The van der Waals surface area contributed by atoms with Gasteiger partial charge in [0.2, 0.25) is 0 Å². The number of rotatable bonds is 2. The first kappa shape index (κ1) is 10.6. The summed E-state index contributed by atoms with van der Waals surface area (Å²) in [6.07, 6.45) is 2.64. The second-order valence-electron chi connectivity index (χ2n) is 3.11. The Balaban J connectivity index is 3.01. The minimum atomic E-state index is -0.408. The highest BCUT2D eigenvalue weighted by molar-refractivity contribution is 5.98. The highest BCUT2D eigenvalue weighted by Crippen LogP contribution is 2.02. The number of aliphatic imine (C=N–C) groups is 1. The van der Waals surface area contributed by atoms with Crippen molar-refractivity contribution < 1.29 is 4.39 Å². The molecule has 0 amide bonds. The summed E-state index contributed by atoms with van der Waals surface area (Å²) in [7, 11) is 0. The van der Waals surface area contributed by atoms with Crippen molar-refractivity contribution in [1.29, 1.82) is 0 Å². The summed E-state index contributed by atoms with van der Waals surface area (Å²) in [6.45, 7) is 3.81. The Kier molecular flexibility index (Phi) is 3.53. The van der Waals surface area contributed by atoms with E-state index in [1.165, 1.54) is 12.3 Å². The fraction of sp³-hybridized carbons (Fsp3) is 0.333. The number of halogens is 1. The molecule has 0 aliphatic heterocycles. The van der Waals surface area contributed by atoms with Gasteiger partial charge in [-0.3, -0.25) is 9.98 Å². The van der Waals surface area contributed by atoms with Crippen molar-refractivity contribution in [2.45, 2.75) is 19.9 Å². The third-order valence-electron chi connectivity index (χ3n) is 1.50. The minimum Gasteiger partial charge on any atom is -0.308 e. The Morgan fingerprint density at radius 2 is 2.29 bits per heavy atom. The van der Waals surface area contributed by atoms with E-state index >= 15 is 0 Å². The lowest BCUT2D eigenvalue weighted by Crippen LogP contribution is -2.32. The predicted molar refractivity (Wildman–Crippen MR) is 53.2 cm³/mol. The molecular weight excluding hydrogens is 183 g/mol. The molecule has 0 spiro atoms. The van der Waals surface area contributed by atoms with E-state index in [1.807, 2.05) is 13.8 Å². The standard InChI is InChI=1S/C9H13FN4/c1-6(2)13-9(14-11)7-3-8(10)5-12-4-7/h3-6H,11H2,1-2H3,(H,13,14). The van der Waals surface area contributed by atoms with Gasteiger partial charge in [-0.05, 0) is 19.9 Å². The number of nitrogens with zero attached hydrogens (tertiary/aromatic N) is 2. The largest absolute Gasteiger partial charge is 0.308 e. The van der Waals surface area contributed by atoms with Crippen LogP contribution in [-0.2, 0) is 0 Å². The van der Waals surface area contributed by atoms with Crippen LogP contribution in [0, 0.1) is 5.82 Å². The van der Waals surface area contributed by atoms with Crippen LogP contribution in [0.25, 0.3) is 0 Å². The van der Waals surface area contributed by atoms with Gasteiger partial charge in [0.25, 0.3) is 0 Å². The van der Waals surface area contributed by atoms with E-state index in [0.29, 0.717) is 11.4 Å². The van der Waals surface area contributed by atoms with E-state index < -0.39 is 5.82 Å². The quantitative estimate of drug-likeness (QED) is 0.319. The molecule has 4 nitrogen and oxygen atoms in total. The van der Waals surface area contributed by atoms with E-state index in [1.54, 1.807) is 0 Å². The minimum absolute atomic E-state index is 0.0873. The maximum Gasteiger partial charge on any atom is 0.144 e. The first-order valence-electron chi connectivity index (χ1n) is 4.29. The summed E-state index contributed by atoms with van der Waals surface area (Å²) in [5, 5.41) is 0. The molecule has 76 valence electrons. The van der Waals surface area contributed by atoms with Gasteiger partial charge in [0, 0.05) is 17.8 Å². The second kappa shape index (κ2) is 4.66. The molecule has 0 atom stereocenters. The van der Waals surface area contributed by atoms with Crippen molar-refractivity contribution in [3.05, 3.63) is 29.8 Å². The van der Waals surface area contributed by atoms with Gasteiger partial charge < -0.3 is 5.43 Å². The molecule has 5 heteroatoms. The van der Waals surface area contributed by atoms with Crippen molar-refractivity contribution in [2.24, 2.45) is 10.8 Å². The van der Waals surface area contributed by atoms with Crippen LogP contribution < -0.4 is 11.3 Å². The molecule has 0 aromatic carbocycles. The van der Waals surface area contributed by atoms with Gasteiger partial charge in [0.1, 0.15) is 11.7 Å². The Labute approximate surface area is 82.0 Å². The third-order valence-corrected chi connectivity index (χ3v) is 1.50.